The van der Waals surface area contributed by atoms with Gasteiger partial charge in [0.1, 0.15) is 6.34 Å². The Kier molecular flexibility index (Phi) is 5.51. The van der Waals surface area contributed by atoms with E-state index in [2.05, 4.69) is 9.30 Å². The number of halogens is 1. The largest absolute Gasteiger partial charge is 0.379 e. The first-order valence-corrected chi connectivity index (χ1v) is 7.30. The molecule has 1 aromatic carbocycles. The number of benzene rings is 1. The van der Waals surface area contributed by atoms with Gasteiger partial charge in [0.05, 0.1) is 18.9 Å². The minimum atomic E-state index is 0.743. The zero-order valence-electron chi connectivity index (χ0n) is 11.2. The monoisotopic (exact) mass is 299 g/mol. The van der Waals surface area contributed by atoms with Crippen molar-refractivity contribution in [3.05, 3.63) is 28.8 Å². The SMILES string of the molecule is Cc1cc(Cl)ccc1/N=C/N(C)SN1CCOCC1. The van der Waals surface area contributed by atoms with Gasteiger partial charge in [-0.2, -0.15) is 0 Å². The van der Waals surface area contributed by atoms with Crippen molar-refractivity contribution >= 4 is 35.8 Å². The normalized spacial score (nSPS) is 17.0. The van der Waals surface area contributed by atoms with Crippen molar-refractivity contribution < 1.29 is 4.74 Å². The first-order chi connectivity index (χ1) is 9.15. The van der Waals surface area contributed by atoms with Gasteiger partial charge in [0, 0.05) is 37.3 Å². The third kappa shape index (κ3) is 4.69. The molecule has 0 bridgehead atoms. The molecule has 0 amide bonds. The summed E-state index contributed by atoms with van der Waals surface area (Å²) in [6.45, 7) is 5.50. The van der Waals surface area contributed by atoms with Crippen molar-refractivity contribution in [3.8, 4) is 0 Å². The summed E-state index contributed by atoms with van der Waals surface area (Å²) in [5.74, 6) is 0. The maximum absolute atomic E-state index is 5.92. The second kappa shape index (κ2) is 7.14. The van der Waals surface area contributed by atoms with E-state index in [9.17, 15) is 0 Å². The van der Waals surface area contributed by atoms with E-state index in [1.54, 1.807) is 12.1 Å². The Balaban J connectivity index is 1.89. The average Bonchev–Trinajstić information content (AvgIpc) is 2.39. The molecule has 4 nitrogen and oxygen atoms in total. The Morgan fingerprint density at radius 1 is 1.42 bits per heavy atom. The number of rotatable bonds is 4. The molecule has 0 unspecified atom stereocenters. The van der Waals surface area contributed by atoms with Gasteiger partial charge in [0.25, 0.3) is 0 Å². The van der Waals surface area contributed by atoms with Crippen LogP contribution in [0.25, 0.3) is 0 Å². The zero-order chi connectivity index (χ0) is 13.7. The smallest absolute Gasteiger partial charge is 0.102 e. The van der Waals surface area contributed by atoms with Gasteiger partial charge in [-0.15, -0.1) is 0 Å². The highest BCUT2D eigenvalue weighted by molar-refractivity contribution is 7.95. The molecule has 1 aliphatic heterocycles. The summed E-state index contributed by atoms with van der Waals surface area (Å²) < 4.78 is 9.59. The van der Waals surface area contributed by atoms with Gasteiger partial charge >= 0.3 is 0 Å². The molecule has 0 spiro atoms. The van der Waals surface area contributed by atoms with Crippen LogP contribution in [-0.4, -0.2) is 48.3 Å². The van der Waals surface area contributed by atoms with E-state index >= 15 is 0 Å². The Hall–Kier alpha value is -0.750. The van der Waals surface area contributed by atoms with E-state index in [0.717, 1.165) is 42.6 Å². The first kappa shape index (κ1) is 14.7. The standard InChI is InChI=1S/C13H18ClN3OS/c1-11-9-12(14)3-4-13(11)15-10-16(2)19-17-5-7-18-8-6-17/h3-4,9-10H,5-8H2,1-2H3/b15-10+. The minimum Gasteiger partial charge on any atom is -0.379 e. The molecular formula is C13H18ClN3OS. The van der Waals surface area contributed by atoms with Crippen molar-refractivity contribution in [2.24, 2.45) is 4.99 Å². The lowest BCUT2D eigenvalue weighted by Gasteiger charge is -2.27. The number of hydrogen-bond acceptors (Lipinski definition) is 4. The van der Waals surface area contributed by atoms with Gasteiger partial charge in [-0.3, -0.25) is 4.31 Å². The fraction of sp³-hybridized carbons (Fsp3) is 0.462. The maximum atomic E-state index is 5.92. The number of ether oxygens (including phenoxy) is 1. The van der Waals surface area contributed by atoms with E-state index in [1.807, 2.05) is 42.8 Å². The minimum absolute atomic E-state index is 0.743. The van der Waals surface area contributed by atoms with E-state index in [1.165, 1.54) is 0 Å². The van der Waals surface area contributed by atoms with Crippen LogP contribution in [0.1, 0.15) is 5.56 Å². The number of hydrogen-bond donors (Lipinski definition) is 0. The lowest BCUT2D eigenvalue weighted by Crippen LogP contribution is -2.33. The highest BCUT2D eigenvalue weighted by Crippen LogP contribution is 2.22. The molecule has 1 aromatic rings. The van der Waals surface area contributed by atoms with Gasteiger partial charge in [0.2, 0.25) is 0 Å². The van der Waals surface area contributed by atoms with Crippen LogP contribution < -0.4 is 0 Å². The topological polar surface area (TPSA) is 28.1 Å². The Bertz CT molecular complexity index is 450. The second-order valence-corrected chi connectivity index (χ2v) is 6.04. The lowest BCUT2D eigenvalue weighted by atomic mass is 10.2. The number of morpholine rings is 1. The van der Waals surface area contributed by atoms with E-state index < -0.39 is 0 Å². The molecule has 0 aromatic heterocycles. The second-order valence-electron chi connectivity index (χ2n) is 4.34. The Labute approximate surface area is 123 Å². The highest BCUT2D eigenvalue weighted by Gasteiger charge is 2.12. The number of nitrogens with zero attached hydrogens (tertiary/aromatic N) is 3. The van der Waals surface area contributed by atoms with Crippen molar-refractivity contribution in [1.29, 1.82) is 0 Å². The molecule has 0 aliphatic carbocycles. The molecule has 1 saturated heterocycles. The lowest BCUT2D eigenvalue weighted by molar-refractivity contribution is 0.0765. The highest BCUT2D eigenvalue weighted by atomic mass is 35.5. The molecule has 1 fully saturated rings. The predicted octanol–water partition coefficient (Wildman–Crippen LogP) is 3.14. The van der Waals surface area contributed by atoms with Crippen LogP contribution in [0.2, 0.25) is 5.02 Å². The fourth-order valence-corrected chi connectivity index (χ4v) is 2.73. The van der Waals surface area contributed by atoms with E-state index in [-0.39, 0.29) is 0 Å². The van der Waals surface area contributed by atoms with Crippen LogP contribution in [0, 0.1) is 6.92 Å². The molecule has 19 heavy (non-hydrogen) atoms. The summed E-state index contributed by atoms with van der Waals surface area (Å²) >= 11 is 7.58. The van der Waals surface area contributed by atoms with Crippen molar-refractivity contribution in [2.75, 3.05) is 33.4 Å². The van der Waals surface area contributed by atoms with Crippen molar-refractivity contribution in [3.63, 3.8) is 0 Å². The average molecular weight is 300 g/mol. The van der Waals surface area contributed by atoms with Gasteiger partial charge < -0.3 is 4.74 Å². The van der Waals surface area contributed by atoms with Crippen molar-refractivity contribution in [2.45, 2.75) is 6.92 Å². The fourth-order valence-electron chi connectivity index (χ4n) is 1.74. The van der Waals surface area contributed by atoms with E-state index in [4.69, 9.17) is 16.3 Å². The van der Waals surface area contributed by atoms with Crippen LogP contribution in [0.4, 0.5) is 5.69 Å². The van der Waals surface area contributed by atoms with Crippen molar-refractivity contribution in [1.82, 2.24) is 8.61 Å². The van der Waals surface area contributed by atoms with E-state index in [0.29, 0.717) is 0 Å². The molecule has 104 valence electrons. The van der Waals surface area contributed by atoms with Crippen LogP contribution in [-0.2, 0) is 4.74 Å². The molecule has 0 radical (unpaired) electrons. The van der Waals surface area contributed by atoms with Crippen LogP contribution >= 0.6 is 23.7 Å². The summed E-state index contributed by atoms with van der Waals surface area (Å²) in [6.07, 6.45) is 1.83. The van der Waals surface area contributed by atoms with Crippen LogP contribution in [0.15, 0.2) is 23.2 Å². The summed E-state index contributed by atoms with van der Waals surface area (Å²) in [4.78, 5) is 4.48. The number of aryl methyl sites for hydroxylation is 1. The Morgan fingerprint density at radius 2 is 2.16 bits per heavy atom. The molecule has 0 N–H and O–H groups in total. The molecule has 6 heteroatoms. The third-order valence-corrected chi connectivity index (χ3v) is 3.92. The van der Waals surface area contributed by atoms with Gasteiger partial charge in [-0.1, -0.05) is 11.6 Å². The summed E-state index contributed by atoms with van der Waals surface area (Å²) in [6, 6.07) is 5.71. The van der Waals surface area contributed by atoms with Crippen LogP contribution in [0.5, 0.6) is 0 Å². The molecule has 1 aliphatic rings. The summed E-state index contributed by atoms with van der Waals surface area (Å²) in [7, 11) is 1.99. The molecule has 1 heterocycles. The predicted molar refractivity (Wildman–Crippen MR) is 82.1 cm³/mol. The summed E-state index contributed by atoms with van der Waals surface area (Å²) in [5, 5.41) is 0.743. The Morgan fingerprint density at radius 3 is 2.84 bits per heavy atom. The molecule has 0 saturated carbocycles. The molecule has 0 atom stereocenters. The van der Waals surface area contributed by atoms with Gasteiger partial charge in [0.15, 0.2) is 0 Å². The first-order valence-electron chi connectivity index (χ1n) is 6.19. The molecular weight excluding hydrogens is 282 g/mol. The van der Waals surface area contributed by atoms with Gasteiger partial charge in [-0.05, 0) is 30.7 Å². The number of aliphatic imine (C=N–C) groups is 1. The zero-order valence-corrected chi connectivity index (χ0v) is 12.7. The quantitative estimate of drug-likeness (QED) is 0.485. The maximum Gasteiger partial charge on any atom is 0.102 e. The van der Waals surface area contributed by atoms with Crippen LogP contribution in [0.3, 0.4) is 0 Å². The van der Waals surface area contributed by atoms with Gasteiger partial charge in [-0.25, -0.2) is 9.30 Å². The molecule has 2 rings (SSSR count). The summed E-state index contributed by atoms with van der Waals surface area (Å²) in [5.41, 5.74) is 2.02. The third-order valence-electron chi connectivity index (χ3n) is 2.73.